The van der Waals surface area contributed by atoms with E-state index in [9.17, 15) is 5.11 Å². The van der Waals surface area contributed by atoms with Gasteiger partial charge in [0, 0.05) is 12.7 Å². The van der Waals surface area contributed by atoms with E-state index in [2.05, 4.69) is 13.8 Å². The van der Waals surface area contributed by atoms with Crippen LogP contribution in [0.4, 0.5) is 0 Å². The summed E-state index contributed by atoms with van der Waals surface area (Å²) in [5.41, 5.74) is 2.45. The van der Waals surface area contributed by atoms with Gasteiger partial charge in [0.05, 0.1) is 11.7 Å². The van der Waals surface area contributed by atoms with Crippen LogP contribution < -0.4 is 5.46 Å². The molecule has 3 unspecified atom stereocenters. The summed E-state index contributed by atoms with van der Waals surface area (Å²) in [6, 6.07) is 5.76. The van der Waals surface area contributed by atoms with Gasteiger partial charge in [-0.15, -0.1) is 0 Å². The molecule has 0 spiro atoms. The number of ether oxygens (including phenoxy) is 1. The van der Waals surface area contributed by atoms with Crippen LogP contribution in [0.2, 0.25) is 0 Å². The zero-order valence-corrected chi connectivity index (χ0v) is 14.8. The number of aliphatic hydroxyl groups excluding tert-OH is 1. The monoisotopic (exact) mass is 308 g/mol. The molecule has 2 rings (SSSR count). The van der Waals surface area contributed by atoms with Crippen molar-refractivity contribution in [2.75, 3.05) is 7.11 Å². The van der Waals surface area contributed by atoms with Crippen molar-refractivity contribution in [3.05, 3.63) is 29.3 Å². The second kappa shape index (κ2) is 8.11. The summed E-state index contributed by atoms with van der Waals surface area (Å²) < 4.78 is 16.9. The maximum Gasteiger partial charge on any atom is 0.494 e. The fourth-order valence-electron chi connectivity index (χ4n) is 2.46. The van der Waals surface area contributed by atoms with Crippen molar-refractivity contribution in [2.45, 2.75) is 66.0 Å². The van der Waals surface area contributed by atoms with Crippen LogP contribution in [-0.4, -0.2) is 31.0 Å². The minimum absolute atomic E-state index is 0.0575. The summed E-state index contributed by atoms with van der Waals surface area (Å²) >= 11 is 0. The summed E-state index contributed by atoms with van der Waals surface area (Å²) in [6.45, 7) is 12.2. The Morgan fingerprint density at radius 3 is 2.50 bits per heavy atom. The predicted molar refractivity (Wildman–Crippen MR) is 90.2 cm³/mol. The first kappa shape index (κ1) is 19.2. The number of hydrogen-bond acceptors (Lipinski definition) is 4. The van der Waals surface area contributed by atoms with Gasteiger partial charge in [-0.1, -0.05) is 39.0 Å². The van der Waals surface area contributed by atoms with Gasteiger partial charge in [0.2, 0.25) is 0 Å². The lowest BCUT2D eigenvalue weighted by molar-refractivity contribution is -0.0773. The first-order chi connectivity index (χ1) is 10.4. The van der Waals surface area contributed by atoms with Gasteiger partial charge in [-0.05, 0) is 38.2 Å². The number of rotatable bonds is 4. The maximum absolute atomic E-state index is 9.74. The molecule has 1 saturated heterocycles. The third-order valence-electron chi connectivity index (χ3n) is 4.32. The Morgan fingerprint density at radius 1 is 1.41 bits per heavy atom. The van der Waals surface area contributed by atoms with E-state index in [4.69, 9.17) is 14.0 Å². The van der Waals surface area contributed by atoms with E-state index in [0.29, 0.717) is 0 Å². The Labute approximate surface area is 134 Å². The SMILES string of the molecule is CC.CCC1(C)OB(c2ccc(C(O)OC)c(C)c2)OC1C. The lowest BCUT2D eigenvalue weighted by atomic mass is 9.78. The summed E-state index contributed by atoms with van der Waals surface area (Å²) in [6.07, 6.45) is 0.0701. The van der Waals surface area contributed by atoms with Crippen LogP contribution in [0.1, 0.15) is 58.5 Å². The summed E-state index contributed by atoms with van der Waals surface area (Å²) in [4.78, 5) is 0. The number of hydrogen-bond donors (Lipinski definition) is 1. The molecule has 0 bridgehead atoms. The van der Waals surface area contributed by atoms with Gasteiger partial charge < -0.3 is 19.2 Å². The van der Waals surface area contributed by atoms with Gasteiger partial charge in [0.25, 0.3) is 0 Å². The smallest absolute Gasteiger partial charge is 0.402 e. The largest absolute Gasteiger partial charge is 0.494 e. The molecule has 4 nitrogen and oxygen atoms in total. The van der Waals surface area contributed by atoms with Gasteiger partial charge in [0.15, 0.2) is 6.29 Å². The topological polar surface area (TPSA) is 47.9 Å². The minimum atomic E-state index is -0.894. The molecule has 0 amide bonds. The van der Waals surface area contributed by atoms with E-state index in [1.807, 2.05) is 45.9 Å². The molecule has 3 atom stereocenters. The Hall–Kier alpha value is -0.875. The molecule has 124 valence electrons. The summed E-state index contributed by atoms with van der Waals surface area (Å²) in [7, 11) is 1.14. The molecule has 1 heterocycles. The van der Waals surface area contributed by atoms with Crippen LogP contribution >= 0.6 is 0 Å². The van der Waals surface area contributed by atoms with Crippen molar-refractivity contribution in [3.8, 4) is 0 Å². The summed E-state index contributed by atoms with van der Waals surface area (Å²) in [5.74, 6) is 0. The maximum atomic E-state index is 9.74. The predicted octanol–water partition coefficient (Wildman–Crippen LogP) is 2.96. The Bertz CT molecular complexity index is 480. The fourth-order valence-corrected chi connectivity index (χ4v) is 2.46. The standard InChI is InChI=1S/C15H23BO4.C2H6/c1-6-15(4)11(3)19-16(20-15)12-7-8-13(10(2)9-12)14(17)18-5;1-2/h7-9,11,14,17H,6H2,1-5H3;1-2H3. The van der Waals surface area contributed by atoms with Crippen molar-refractivity contribution < 1.29 is 19.2 Å². The second-order valence-corrected chi connectivity index (χ2v) is 5.60. The molecule has 1 aliphatic rings. The minimum Gasteiger partial charge on any atom is -0.402 e. The van der Waals surface area contributed by atoms with Crippen LogP contribution in [0, 0.1) is 6.92 Å². The van der Waals surface area contributed by atoms with Crippen molar-refractivity contribution >= 4 is 12.6 Å². The van der Waals surface area contributed by atoms with E-state index in [1.54, 1.807) is 0 Å². The first-order valence-corrected chi connectivity index (χ1v) is 8.06. The third-order valence-corrected chi connectivity index (χ3v) is 4.32. The average Bonchev–Trinajstić information content (AvgIpc) is 2.84. The van der Waals surface area contributed by atoms with Crippen LogP contribution in [0.3, 0.4) is 0 Å². The van der Waals surface area contributed by atoms with Gasteiger partial charge in [-0.3, -0.25) is 0 Å². The van der Waals surface area contributed by atoms with Crippen LogP contribution in [-0.2, 0) is 14.0 Å². The van der Waals surface area contributed by atoms with Crippen molar-refractivity contribution in [1.29, 1.82) is 0 Å². The molecular weight excluding hydrogens is 279 g/mol. The molecule has 1 aliphatic heterocycles. The molecule has 0 aliphatic carbocycles. The van der Waals surface area contributed by atoms with E-state index in [1.165, 1.54) is 7.11 Å². The van der Waals surface area contributed by atoms with Gasteiger partial charge in [-0.2, -0.15) is 0 Å². The zero-order chi connectivity index (χ0) is 16.9. The lowest BCUT2D eigenvalue weighted by Gasteiger charge is -2.25. The second-order valence-electron chi connectivity index (χ2n) is 5.60. The molecular formula is C17H29BO4. The zero-order valence-electron chi connectivity index (χ0n) is 14.8. The highest BCUT2D eigenvalue weighted by atomic mass is 16.7. The first-order valence-electron chi connectivity index (χ1n) is 8.06. The van der Waals surface area contributed by atoms with Gasteiger partial charge >= 0.3 is 7.12 Å². The van der Waals surface area contributed by atoms with Crippen molar-refractivity contribution in [2.24, 2.45) is 0 Å². The molecule has 1 aromatic rings. The fraction of sp³-hybridized carbons (Fsp3) is 0.647. The van der Waals surface area contributed by atoms with Gasteiger partial charge in [0.1, 0.15) is 0 Å². The highest BCUT2D eigenvalue weighted by molar-refractivity contribution is 6.62. The summed E-state index contributed by atoms with van der Waals surface area (Å²) in [5, 5.41) is 9.74. The Kier molecular flexibility index (Phi) is 7.07. The van der Waals surface area contributed by atoms with Crippen LogP contribution in [0.15, 0.2) is 18.2 Å². The number of aryl methyl sites for hydroxylation is 1. The number of methoxy groups -OCH3 is 1. The molecule has 0 radical (unpaired) electrons. The molecule has 1 aromatic carbocycles. The Balaban J connectivity index is 0.00000116. The molecule has 0 aromatic heterocycles. The molecule has 1 fully saturated rings. The highest BCUT2D eigenvalue weighted by Crippen LogP contribution is 2.30. The van der Waals surface area contributed by atoms with Crippen LogP contribution in [0.25, 0.3) is 0 Å². The normalized spacial score (nSPS) is 25.6. The van der Waals surface area contributed by atoms with E-state index in [-0.39, 0.29) is 18.8 Å². The molecule has 5 heteroatoms. The average molecular weight is 308 g/mol. The Morgan fingerprint density at radius 2 is 2.05 bits per heavy atom. The van der Waals surface area contributed by atoms with Crippen LogP contribution in [0.5, 0.6) is 0 Å². The third kappa shape index (κ3) is 3.90. The molecule has 22 heavy (non-hydrogen) atoms. The van der Waals surface area contributed by atoms with Crippen molar-refractivity contribution in [3.63, 3.8) is 0 Å². The highest BCUT2D eigenvalue weighted by Gasteiger charge is 2.45. The number of benzene rings is 1. The quantitative estimate of drug-likeness (QED) is 0.686. The number of aliphatic hydroxyl groups is 1. The van der Waals surface area contributed by atoms with Gasteiger partial charge in [-0.25, -0.2) is 0 Å². The van der Waals surface area contributed by atoms with E-state index < -0.39 is 6.29 Å². The molecule has 1 N–H and O–H groups in total. The molecule has 0 saturated carbocycles. The van der Waals surface area contributed by atoms with E-state index >= 15 is 0 Å². The van der Waals surface area contributed by atoms with Crippen molar-refractivity contribution in [1.82, 2.24) is 0 Å². The lowest BCUT2D eigenvalue weighted by Crippen LogP contribution is -2.36. The van der Waals surface area contributed by atoms with E-state index in [0.717, 1.165) is 23.0 Å².